The molecule has 0 spiro atoms. The molecular weight excluding hydrogens is 537 g/mol. The van der Waals surface area contributed by atoms with Crippen molar-refractivity contribution in [2.45, 2.75) is 59.3 Å². The number of amides is 2. The van der Waals surface area contributed by atoms with Gasteiger partial charge < -0.3 is 24.4 Å². The summed E-state index contributed by atoms with van der Waals surface area (Å²) < 4.78 is 33.0. The molecule has 4 rings (SSSR count). The second kappa shape index (κ2) is 12.3. The molecule has 0 bridgehead atoms. The van der Waals surface area contributed by atoms with Crippen molar-refractivity contribution in [3.8, 4) is 16.3 Å². The van der Waals surface area contributed by atoms with Crippen LogP contribution < -0.4 is 10.1 Å². The van der Waals surface area contributed by atoms with Crippen LogP contribution in [0.15, 0.2) is 30.7 Å². The molecule has 40 heavy (non-hydrogen) atoms. The number of halogens is 1. The maximum atomic E-state index is 15.7. The fraction of sp³-hybridized carbons (Fsp3) is 0.464. The van der Waals surface area contributed by atoms with Gasteiger partial charge in [0.25, 0.3) is 5.91 Å². The van der Waals surface area contributed by atoms with Crippen LogP contribution in [0.3, 0.4) is 0 Å². The van der Waals surface area contributed by atoms with Crippen molar-refractivity contribution >= 4 is 23.3 Å². The number of nitrogens with zero attached hydrogens (tertiary/aromatic N) is 4. The fourth-order valence-electron chi connectivity index (χ4n) is 3.97. The predicted molar refractivity (Wildman–Crippen MR) is 148 cm³/mol. The second-order valence-electron chi connectivity index (χ2n) is 10.6. The van der Waals surface area contributed by atoms with Gasteiger partial charge in [-0.3, -0.25) is 4.79 Å². The molecule has 3 aromatic rings. The van der Waals surface area contributed by atoms with Gasteiger partial charge in [0.1, 0.15) is 40.7 Å². The van der Waals surface area contributed by atoms with Crippen LogP contribution in [0.4, 0.5) is 9.18 Å². The maximum absolute atomic E-state index is 15.7. The van der Waals surface area contributed by atoms with E-state index in [1.165, 1.54) is 23.5 Å². The molecule has 1 aromatic carbocycles. The molecule has 2 atom stereocenters. The molecule has 1 saturated heterocycles. The van der Waals surface area contributed by atoms with Crippen LogP contribution in [0, 0.1) is 19.7 Å². The smallest absolute Gasteiger partial charge is 0.410 e. The van der Waals surface area contributed by atoms with Gasteiger partial charge in [0.05, 0.1) is 30.3 Å². The Morgan fingerprint density at radius 2 is 1.93 bits per heavy atom. The van der Waals surface area contributed by atoms with Gasteiger partial charge in [-0.15, -0.1) is 11.3 Å². The number of rotatable bonds is 7. The van der Waals surface area contributed by atoms with E-state index in [0.717, 1.165) is 4.88 Å². The molecule has 1 aliphatic rings. The summed E-state index contributed by atoms with van der Waals surface area (Å²) in [5.41, 5.74) is 0.0554. The van der Waals surface area contributed by atoms with E-state index in [1.54, 1.807) is 37.3 Å². The first-order valence-electron chi connectivity index (χ1n) is 13.0. The van der Waals surface area contributed by atoms with Crippen molar-refractivity contribution in [3.05, 3.63) is 58.4 Å². The molecule has 10 nitrogen and oxygen atoms in total. The number of hydrogen-bond acceptors (Lipinski definition) is 9. The number of hydrogen-bond donors (Lipinski definition) is 1. The van der Waals surface area contributed by atoms with Crippen molar-refractivity contribution in [1.29, 1.82) is 0 Å². The van der Waals surface area contributed by atoms with Crippen molar-refractivity contribution in [3.63, 3.8) is 0 Å². The molecule has 214 valence electrons. The average Bonchev–Trinajstić information content (AvgIpc) is 3.33. The molecule has 0 radical (unpaired) electrons. The predicted octanol–water partition coefficient (Wildman–Crippen LogP) is 4.86. The van der Waals surface area contributed by atoms with E-state index < -0.39 is 35.6 Å². The molecule has 0 saturated carbocycles. The largest absolute Gasteiger partial charge is 0.491 e. The molecule has 0 unspecified atom stereocenters. The third-order valence-corrected chi connectivity index (χ3v) is 6.96. The van der Waals surface area contributed by atoms with Gasteiger partial charge in [0.15, 0.2) is 0 Å². The number of nitrogens with one attached hydrogen (secondary N) is 1. The number of carbonyl (C=O) groups excluding carboxylic acids is 2. The Labute approximate surface area is 236 Å². The van der Waals surface area contributed by atoms with E-state index in [0.29, 0.717) is 29.5 Å². The summed E-state index contributed by atoms with van der Waals surface area (Å²) in [5, 5.41) is 3.24. The summed E-state index contributed by atoms with van der Waals surface area (Å²) in [6.45, 7) is 11.9. The Hall–Kier alpha value is -3.64. The van der Waals surface area contributed by atoms with Crippen LogP contribution >= 0.6 is 11.3 Å². The summed E-state index contributed by atoms with van der Waals surface area (Å²) in [5.74, 6) is -0.427. The van der Waals surface area contributed by atoms with E-state index >= 15 is 4.39 Å². The lowest BCUT2D eigenvalue weighted by Gasteiger charge is -2.34. The zero-order valence-electron chi connectivity index (χ0n) is 23.5. The monoisotopic (exact) mass is 571 g/mol. The lowest BCUT2D eigenvalue weighted by atomic mass is 10.1. The third-order valence-electron chi connectivity index (χ3n) is 6.02. The minimum Gasteiger partial charge on any atom is -0.491 e. The number of morpholine rings is 1. The molecule has 3 heterocycles. The summed E-state index contributed by atoms with van der Waals surface area (Å²) in [6, 6.07) is 2.43. The first-order chi connectivity index (χ1) is 18.9. The third kappa shape index (κ3) is 7.51. The number of aromatic nitrogens is 3. The van der Waals surface area contributed by atoms with Crippen molar-refractivity contribution < 1.29 is 28.2 Å². The van der Waals surface area contributed by atoms with Crippen molar-refractivity contribution in [1.82, 2.24) is 25.2 Å². The van der Waals surface area contributed by atoms with E-state index in [4.69, 9.17) is 14.2 Å². The van der Waals surface area contributed by atoms with Gasteiger partial charge in [0, 0.05) is 35.6 Å². The molecule has 1 fully saturated rings. The first-order valence-corrected chi connectivity index (χ1v) is 13.8. The normalized spacial score (nSPS) is 16.4. The van der Waals surface area contributed by atoms with E-state index in [1.807, 2.05) is 27.7 Å². The number of carbonyl (C=O) groups is 2. The Kier molecular flexibility index (Phi) is 8.99. The number of thiazole rings is 1. The Balaban J connectivity index is 1.53. The Morgan fingerprint density at radius 3 is 2.58 bits per heavy atom. The molecule has 2 amide bonds. The van der Waals surface area contributed by atoms with Gasteiger partial charge in [-0.25, -0.2) is 24.1 Å². The molecule has 0 aliphatic carbocycles. The highest BCUT2D eigenvalue weighted by Gasteiger charge is 2.29. The first kappa shape index (κ1) is 29.3. The number of ether oxygens (including phenoxy) is 3. The zero-order valence-corrected chi connectivity index (χ0v) is 24.3. The SMILES string of the molecule is Cc1ncc([C@@H](C)NC(=O)c2cc(OC[C@H]3CN(C(=O)OC(C)(C)C)CCO3)cc(-c3ncc(C)s3)c2F)cn1. The zero-order chi connectivity index (χ0) is 29.0. The number of benzene rings is 1. The van der Waals surface area contributed by atoms with E-state index in [2.05, 4.69) is 20.3 Å². The molecule has 2 aromatic heterocycles. The maximum Gasteiger partial charge on any atom is 0.410 e. The van der Waals surface area contributed by atoms with Crippen LogP contribution in [0.2, 0.25) is 0 Å². The van der Waals surface area contributed by atoms with Gasteiger partial charge in [-0.05, 0) is 53.7 Å². The molecule has 12 heteroatoms. The second-order valence-corrected chi connectivity index (χ2v) is 11.8. The topological polar surface area (TPSA) is 116 Å². The highest BCUT2D eigenvalue weighted by Crippen LogP contribution is 2.33. The van der Waals surface area contributed by atoms with Crippen LogP contribution in [0.1, 0.15) is 60.4 Å². The summed E-state index contributed by atoms with van der Waals surface area (Å²) >= 11 is 1.31. The van der Waals surface area contributed by atoms with Gasteiger partial charge in [0.2, 0.25) is 0 Å². The highest BCUT2D eigenvalue weighted by molar-refractivity contribution is 7.14. The molecule has 1 aliphatic heterocycles. The Bertz CT molecular complexity index is 1360. The average molecular weight is 572 g/mol. The lowest BCUT2D eigenvalue weighted by molar-refractivity contribution is -0.0557. The fourth-order valence-corrected chi connectivity index (χ4v) is 4.74. The molecule has 1 N–H and O–H groups in total. The van der Waals surface area contributed by atoms with Crippen molar-refractivity contribution in [2.24, 2.45) is 0 Å². The van der Waals surface area contributed by atoms with E-state index in [-0.39, 0.29) is 30.0 Å². The van der Waals surface area contributed by atoms with Crippen molar-refractivity contribution in [2.75, 3.05) is 26.3 Å². The van der Waals surface area contributed by atoms with Crippen LogP contribution in [0.5, 0.6) is 5.75 Å². The van der Waals surface area contributed by atoms with Crippen LogP contribution in [-0.2, 0) is 9.47 Å². The summed E-state index contributed by atoms with van der Waals surface area (Å²) in [6.07, 6.45) is 4.04. The van der Waals surface area contributed by atoms with Gasteiger partial charge in [-0.1, -0.05) is 0 Å². The van der Waals surface area contributed by atoms with Gasteiger partial charge >= 0.3 is 6.09 Å². The standard InChI is InChI=1S/C28H34FN5O5S/c1-16-11-32-26(40-16)23-10-20(38-15-21-14-34(7-8-37-21)27(36)39-28(4,5)6)9-22(24(23)29)25(35)33-17(2)19-12-30-18(3)31-13-19/h9-13,17,21H,7-8,14-15H2,1-6H3,(H,33,35)/t17-,21-/m1/s1. The molecular formula is C28H34FN5O5S. The quantitative estimate of drug-likeness (QED) is 0.428. The van der Waals surface area contributed by atoms with Crippen LogP contribution in [-0.4, -0.2) is 69.9 Å². The highest BCUT2D eigenvalue weighted by atomic mass is 32.1. The minimum absolute atomic E-state index is 0.0828. The van der Waals surface area contributed by atoms with Gasteiger partial charge in [-0.2, -0.15) is 0 Å². The van der Waals surface area contributed by atoms with Crippen LogP contribution in [0.25, 0.3) is 10.6 Å². The Morgan fingerprint density at radius 1 is 1.20 bits per heavy atom. The van der Waals surface area contributed by atoms with E-state index in [9.17, 15) is 9.59 Å². The number of aryl methyl sites for hydroxylation is 2. The lowest BCUT2D eigenvalue weighted by Crippen LogP contribution is -2.49. The minimum atomic E-state index is -0.698. The summed E-state index contributed by atoms with van der Waals surface area (Å²) in [4.78, 5) is 40.9. The summed E-state index contributed by atoms with van der Waals surface area (Å²) in [7, 11) is 0.